The molecule has 0 radical (unpaired) electrons. The number of carbonyl (C=O) groups is 1. The molecule has 1 amide bonds. The largest absolute Gasteiger partial charge is 0.492 e. The molecule has 204 valence electrons. The Kier molecular flexibility index (Phi) is 9.53. The predicted molar refractivity (Wildman–Crippen MR) is 158 cm³/mol. The topological polar surface area (TPSA) is 64.4 Å². The number of ether oxygens (including phenoxy) is 1. The Labute approximate surface area is 231 Å². The quantitative estimate of drug-likeness (QED) is 0.185. The van der Waals surface area contributed by atoms with E-state index in [-0.39, 0.29) is 11.5 Å². The van der Waals surface area contributed by atoms with Crippen LogP contribution < -0.4 is 10.3 Å². The smallest absolute Gasteiger partial charge is 0.266 e. The van der Waals surface area contributed by atoms with Crippen molar-refractivity contribution >= 4 is 16.8 Å². The van der Waals surface area contributed by atoms with Crippen molar-refractivity contribution in [2.24, 2.45) is 0 Å². The van der Waals surface area contributed by atoms with Crippen molar-refractivity contribution in [2.75, 3.05) is 13.2 Å². The van der Waals surface area contributed by atoms with Crippen molar-refractivity contribution < 1.29 is 9.53 Å². The number of nitrogens with zero attached hydrogens (tertiary/aromatic N) is 3. The van der Waals surface area contributed by atoms with Crippen LogP contribution in [0.4, 0.5) is 0 Å². The van der Waals surface area contributed by atoms with Crippen LogP contribution in [0.2, 0.25) is 0 Å². The van der Waals surface area contributed by atoms with Gasteiger partial charge in [0.2, 0.25) is 0 Å². The second-order valence-corrected chi connectivity index (χ2v) is 9.81. The van der Waals surface area contributed by atoms with Gasteiger partial charge in [-0.1, -0.05) is 69.5 Å². The average Bonchev–Trinajstić information content (AvgIpc) is 2.97. The van der Waals surface area contributed by atoms with E-state index in [1.165, 1.54) is 5.56 Å². The summed E-state index contributed by atoms with van der Waals surface area (Å²) in [5, 5.41) is 0.524. The van der Waals surface area contributed by atoms with Crippen molar-refractivity contribution in [3.8, 4) is 11.4 Å². The van der Waals surface area contributed by atoms with E-state index in [0.29, 0.717) is 46.9 Å². The molecule has 1 aromatic heterocycles. The van der Waals surface area contributed by atoms with Crippen molar-refractivity contribution in [3.63, 3.8) is 0 Å². The summed E-state index contributed by atoms with van der Waals surface area (Å²) < 4.78 is 7.55. The van der Waals surface area contributed by atoms with Gasteiger partial charge in [-0.15, -0.1) is 0 Å². The molecule has 39 heavy (non-hydrogen) atoms. The number of benzene rings is 3. The number of aromatic nitrogens is 2. The monoisotopic (exact) mass is 525 g/mol. The SMILES string of the molecule is CCCCCCN(C(=O)c1ccc(CC)cc1)C(C)c1nc2ccccc2c(=O)n1-c1ccccc1OCC. The number of rotatable bonds is 12. The second kappa shape index (κ2) is 13.2. The zero-order valence-corrected chi connectivity index (χ0v) is 23.5. The standard InChI is InChI=1S/C33H39N3O3/c1-5-8-9-14-23-35(32(37)26-21-19-25(6-2)20-22-26)24(4)31-34-28-16-11-10-15-27(28)33(38)36(31)29-17-12-13-18-30(29)39-7-3/h10-13,15-22,24H,5-9,14,23H2,1-4H3. The normalized spacial score (nSPS) is 11.9. The summed E-state index contributed by atoms with van der Waals surface area (Å²) in [5.74, 6) is 1.05. The Bertz CT molecular complexity index is 1460. The van der Waals surface area contributed by atoms with E-state index in [9.17, 15) is 9.59 Å². The van der Waals surface area contributed by atoms with Crippen molar-refractivity contribution in [2.45, 2.75) is 65.8 Å². The zero-order valence-electron chi connectivity index (χ0n) is 23.5. The molecule has 0 N–H and O–H groups in total. The Morgan fingerprint density at radius 1 is 0.923 bits per heavy atom. The first-order valence-electron chi connectivity index (χ1n) is 14.1. The van der Waals surface area contributed by atoms with Crippen LogP contribution >= 0.6 is 0 Å². The number of para-hydroxylation sites is 3. The van der Waals surface area contributed by atoms with Gasteiger partial charge in [-0.2, -0.15) is 0 Å². The fraction of sp³-hybridized carbons (Fsp3) is 0.364. The summed E-state index contributed by atoms with van der Waals surface area (Å²) in [4.78, 5) is 34.8. The lowest BCUT2D eigenvalue weighted by molar-refractivity contribution is 0.0677. The maximum Gasteiger partial charge on any atom is 0.266 e. The van der Waals surface area contributed by atoms with Gasteiger partial charge < -0.3 is 9.64 Å². The number of amides is 1. The molecule has 4 rings (SSSR count). The lowest BCUT2D eigenvalue weighted by atomic mass is 10.1. The third-order valence-corrected chi connectivity index (χ3v) is 7.17. The third kappa shape index (κ3) is 6.22. The van der Waals surface area contributed by atoms with Crippen LogP contribution in [0.3, 0.4) is 0 Å². The van der Waals surface area contributed by atoms with E-state index in [1.54, 1.807) is 10.6 Å². The molecule has 1 unspecified atom stereocenters. The van der Waals surface area contributed by atoms with E-state index >= 15 is 0 Å². The number of fused-ring (bicyclic) bond motifs is 1. The lowest BCUT2D eigenvalue weighted by Crippen LogP contribution is -2.38. The number of hydrogen-bond acceptors (Lipinski definition) is 4. The van der Waals surface area contributed by atoms with Gasteiger partial charge in [-0.05, 0) is 68.7 Å². The molecule has 3 aromatic carbocycles. The maximum absolute atomic E-state index is 14.0. The predicted octanol–water partition coefficient (Wildman–Crippen LogP) is 7.13. The van der Waals surface area contributed by atoms with Gasteiger partial charge in [0.05, 0.1) is 29.2 Å². The van der Waals surface area contributed by atoms with E-state index in [2.05, 4.69) is 13.8 Å². The van der Waals surface area contributed by atoms with E-state index < -0.39 is 6.04 Å². The van der Waals surface area contributed by atoms with E-state index in [4.69, 9.17) is 9.72 Å². The molecule has 0 spiro atoms. The molecule has 4 aromatic rings. The highest BCUT2D eigenvalue weighted by Gasteiger charge is 2.28. The van der Waals surface area contributed by atoms with Gasteiger partial charge in [0.25, 0.3) is 11.5 Å². The van der Waals surface area contributed by atoms with Gasteiger partial charge in [0.1, 0.15) is 11.6 Å². The zero-order chi connectivity index (χ0) is 27.8. The fourth-order valence-corrected chi connectivity index (χ4v) is 4.95. The minimum atomic E-state index is -0.461. The van der Waals surface area contributed by atoms with Crippen LogP contribution in [0.15, 0.2) is 77.6 Å². The Hall–Kier alpha value is -3.93. The van der Waals surface area contributed by atoms with Crippen LogP contribution in [-0.2, 0) is 6.42 Å². The molecule has 0 saturated carbocycles. The van der Waals surface area contributed by atoms with E-state index in [1.807, 2.05) is 85.5 Å². The second-order valence-electron chi connectivity index (χ2n) is 9.81. The van der Waals surface area contributed by atoms with Gasteiger partial charge >= 0.3 is 0 Å². The van der Waals surface area contributed by atoms with Crippen LogP contribution in [0.1, 0.15) is 81.2 Å². The van der Waals surface area contributed by atoms with E-state index in [0.717, 1.165) is 32.1 Å². The first-order valence-corrected chi connectivity index (χ1v) is 14.1. The molecule has 6 heteroatoms. The number of aryl methyl sites for hydroxylation is 1. The Balaban J connectivity index is 1.87. The highest BCUT2D eigenvalue weighted by molar-refractivity contribution is 5.94. The molecular formula is C33H39N3O3. The molecule has 1 heterocycles. The fourth-order valence-electron chi connectivity index (χ4n) is 4.95. The number of unbranched alkanes of at least 4 members (excludes halogenated alkanes) is 3. The highest BCUT2D eigenvalue weighted by Crippen LogP contribution is 2.29. The van der Waals surface area contributed by atoms with Crippen LogP contribution in [0.25, 0.3) is 16.6 Å². The molecule has 6 nitrogen and oxygen atoms in total. The van der Waals surface area contributed by atoms with Crippen molar-refractivity contribution in [1.29, 1.82) is 0 Å². The molecule has 0 aliphatic carbocycles. The Morgan fingerprint density at radius 2 is 1.64 bits per heavy atom. The highest BCUT2D eigenvalue weighted by atomic mass is 16.5. The first-order chi connectivity index (χ1) is 19.0. The summed E-state index contributed by atoms with van der Waals surface area (Å²) in [5.41, 5.74) is 2.88. The summed E-state index contributed by atoms with van der Waals surface area (Å²) in [6.07, 6.45) is 5.06. The third-order valence-electron chi connectivity index (χ3n) is 7.17. The molecule has 0 fully saturated rings. The summed E-state index contributed by atoms with van der Waals surface area (Å²) in [7, 11) is 0. The minimum Gasteiger partial charge on any atom is -0.492 e. The molecule has 0 aliphatic rings. The molecule has 0 saturated heterocycles. The Morgan fingerprint density at radius 3 is 2.36 bits per heavy atom. The molecule has 1 atom stereocenters. The van der Waals surface area contributed by atoms with Crippen LogP contribution in [-0.4, -0.2) is 33.5 Å². The summed E-state index contributed by atoms with van der Waals surface area (Å²) in [6, 6.07) is 22.2. The lowest BCUT2D eigenvalue weighted by Gasteiger charge is -2.31. The minimum absolute atomic E-state index is 0.0614. The van der Waals surface area contributed by atoms with Crippen LogP contribution in [0, 0.1) is 0 Å². The average molecular weight is 526 g/mol. The summed E-state index contributed by atoms with van der Waals surface area (Å²) in [6.45, 7) is 9.20. The number of hydrogen-bond donors (Lipinski definition) is 0. The molecule has 0 aliphatic heterocycles. The molecular weight excluding hydrogens is 486 g/mol. The molecule has 0 bridgehead atoms. The first kappa shape index (κ1) is 28.1. The van der Waals surface area contributed by atoms with Gasteiger partial charge in [-0.25, -0.2) is 4.98 Å². The van der Waals surface area contributed by atoms with Crippen LogP contribution in [0.5, 0.6) is 5.75 Å². The number of carbonyl (C=O) groups excluding carboxylic acids is 1. The van der Waals surface area contributed by atoms with Gasteiger partial charge in [-0.3, -0.25) is 14.2 Å². The van der Waals surface area contributed by atoms with Gasteiger partial charge in [0, 0.05) is 12.1 Å². The summed E-state index contributed by atoms with van der Waals surface area (Å²) >= 11 is 0. The van der Waals surface area contributed by atoms with Crippen molar-refractivity contribution in [3.05, 3.63) is 100 Å². The van der Waals surface area contributed by atoms with Crippen molar-refractivity contribution in [1.82, 2.24) is 14.5 Å². The van der Waals surface area contributed by atoms with Gasteiger partial charge in [0.15, 0.2) is 0 Å². The maximum atomic E-state index is 14.0.